The Kier molecular flexibility index (Phi) is 5.88. The van der Waals surface area contributed by atoms with E-state index in [1.54, 1.807) is 0 Å². The fourth-order valence-electron chi connectivity index (χ4n) is 1.22. The predicted octanol–water partition coefficient (Wildman–Crippen LogP) is 0.810. The van der Waals surface area contributed by atoms with Gasteiger partial charge in [-0.05, 0) is 6.07 Å². The minimum absolute atomic E-state index is 0.0527. The van der Waals surface area contributed by atoms with Gasteiger partial charge in [-0.2, -0.15) is 0 Å². The van der Waals surface area contributed by atoms with Crippen molar-refractivity contribution in [3.8, 4) is 0 Å². The zero-order chi connectivity index (χ0) is 15.0. The van der Waals surface area contributed by atoms with Crippen LogP contribution in [-0.4, -0.2) is 40.1 Å². The Bertz CT molecular complexity index is 487. The topological polar surface area (TPSA) is 132 Å². The molecule has 1 rings (SSSR count). The highest BCUT2D eigenvalue weighted by Crippen LogP contribution is 2.11. The number of nitro groups is 1. The number of carboxylic acid groups (broad SMARTS) is 1. The molecule has 0 aromatic carbocycles. The van der Waals surface area contributed by atoms with Crippen molar-refractivity contribution < 1.29 is 24.4 Å². The second-order valence-corrected chi connectivity index (χ2v) is 3.70. The number of rotatable bonds is 8. The quantitative estimate of drug-likeness (QED) is 0.310. The molecule has 0 aliphatic heterocycles. The van der Waals surface area contributed by atoms with Gasteiger partial charge in [0.2, 0.25) is 0 Å². The Labute approximate surface area is 113 Å². The van der Waals surface area contributed by atoms with Crippen LogP contribution in [0.2, 0.25) is 0 Å². The normalized spacial score (nSPS) is 9.80. The van der Waals surface area contributed by atoms with Crippen LogP contribution in [0.15, 0.2) is 18.3 Å². The zero-order valence-corrected chi connectivity index (χ0v) is 10.4. The van der Waals surface area contributed by atoms with E-state index in [-0.39, 0.29) is 31.7 Å². The van der Waals surface area contributed by atoms with Crippen molar-refractivity contribution in [2.24, 2.45) is 0 Å². The van der Waals surface area contributed by atoms with Crippen LogP contribution in [0.25, 0.3) is 0 Å². The third kappa shape index (κ3) is 5.76. The second kappa shape index (κ2) is 7.67. The Morgan fingerprint density at radius 3 is 2.70 bits per heavy atom. The number of anilines is 1. The van der Waals surface area contributed by atoms with Crippen molar-refractivity contribution in [3.63, 3.8) is 0 Å². The summed E-state index contributed by atoms with van der Waals surface area (Å²) in [5.74, 6) is -1.24. The standard InChI is InChI=1S/C11H13N3O6/c15-10(16)3-4-11(17)20-6-5-12-9-2-1-8(7-13-9)14(18)19/h1-2,7H,3-6H2,(H,12,13)(H,15,16). The average Bonchev–Trinajstić information content (AvgIpc) is 2.42. The van der Waals surface area contributed by atoms with Gasteiger partial charge in [0, 0.05) is 6.07 Å². The largest absolute Gasteiger partial charge is 0.481 e. The average molecular weight is 283 g/mol. The summed E-state index contributed by atoms with van der Waals surface area (Å²) in [6.07, 6.45) is 0.669. The highest BCUT2D eigenvalue weighted by atomic mass is 16.6. The molecule has 1 heterocycles. The molecule has 0 aliphatic carbocycles. The molecule has 0 fully saturated rings. The van der Waals surface area contributed by atoms with Crippen LogP contribution in [0, 0.1) is 10.1 Å². The number of carbonyl (C=O) groups excluding carboxylic acids is 1. The summed E-state index contributed by atoms with van der Waals surface area (Å²) < 4.78 is 4.78. The van der Waals surface area contributed by atoms with E-state index in [9.17, 15) is 19.7 Å². The van der Waals surface area contributed by atoms with Gasteiger partial charge in [-0.15, -0.1) is 0 Å². The lowest BCUT2D eigenvalue weighted by Gasteiger charge is -2.06. The molecule has 0 bridgehead atoms. The smallest absolute Gasteiger partial charge is 0.306 e. The number of esters is 1. The summed E-state index contributed by atoms with van der Waals surface area (Å²) in [5.41, 5.74) is -0.115. The molecule has 0 saturated heterocycles. The third-order valence-corrected chi connectivity index (χ3v) is 2.17. The van der Waals surface area contributed by atoms with Crippen LogP contribution in [-0.2, 0) is 14.3 Å². The van der Waals surface area contributed by atoms with Gasteiger partial charge in [0.05, 0.1) is 24.3 Å². The predicted molar refractivity (Wildman–Crippen MR) is 67.2 cm³/mol. The second-order valence-electron chi connectivity index (χ2n) is 3.70. The molecule has 0 saturated carbocycles. The van der Waals surface area contributed by atoms with Crippen LogP contribution in [0.5, 0.6) is 0 Å². The maximum absolute atomic E-state index is 11.1. The molecule has 0 unspecified atom stereocenters. The van der Waals surface area contributed by atoms with E-state index < -0.39 is 16.9 Å². The number of aliphatic carboxylic acids is 1. The van der Waals surface area contributed by atoms with Crippen molar-refractivity contribution >= 4 is 23.4 Å². The monoisotopic (exact) mass is 283 g/mol. The molecular formula is C11H13N3O6. The van der Waals surface area contributed by atoms with Gasteiger partial charge in [0.1, 0.15) is 18.6 Å². The molecule has 108 valence electrons. The Balaban J connectivity index is 2.22. The number of ether oxygens (including phenoxy) is 1. The fourth-order valence-corrected chi connectivity index (χ4v) is 1.22. The molecular weight excluding hydrogens is 270 g/mol. The summed E-state index contributed by atoms with van der Waals surface area (Å²) in [6, 6.07) is 2.73. The Morgan fingerprint density at radius 2 is 2.15 bits per heavy atom. The van der Waals surface area contributed by atoms with Crippen molar-refractivity contribution in [3.05, 3.63) is 28.4 Å². The number of hydrogen-bond donors (Lipinski definition) is 2. The molecule has 2 N–H and O–H groups in total. The number of hydrogen-bond acceptors (Lipinski definition) is 7. The lowest BCUT2D eigenvalue weighted by molar-refractivity contribution is -0.385. The summed E-state index contributed by atoms with van der Waals surface area (Å²) in [5, 5.41) is 21.6. The highest BCUT2D eigenvalue weighted by Gasteiger charge is 2.07. The van der Waals surface area contributed by atoms with E-state index in [0.717, 1.165) is 6.20 Å². The number of aromatic nitrogens is 1. The number of carbonyl (C=O) groups is 2. The molecule has 9 heteroatoms. The van der Waals surface area contributed by atoms with E-state index >= 15 is 0 Å². The molecule has 0 amide bonds. The SMILES string of the molecule is O=C(O)CCC(=O)OCCNc1ccc([N+](=O)[O-])cn1. The first-order valence-electron chi connectivity index (χ1n) is 5.71. The van der Waals surface area contributed by atoms with E-state index in [1.165, 1.54) is 12.1 Å². The van der Waals surface area contributed by atoms with Gasteiger partial charge < -0.3 is 15.2 Å². The van der Waals surface area contributed by atoms with Crippen molar-refractivity contribution in [2.45, 2.75) is 12.8 Å². The molecule has 0 atom stereocenters. The van der Waals surface area contributed by atoms with Gasteiger partial charge in [-0.25, -0.2) is 4.98 Å². The van der Waals surface area contributed by atoms with Crippen LogP contribution in [0.4, 0.5) is 11.5 Å². The van der Waals surface area contributed by atoms with Crippen molar-refractivity contribution in [1.29, 1.82) is 0 Å². The van der Waals surface area contributed by atoms with Gasteiger partial charge in [-0.1, -0.05) is 0 Å². The third-order valence-electron chi connectivity index (χ3n) is 2.17. The Morgan fingerprint density at radius 1 is 1.40 bits per heavy atom. The Hall–Kier alpha value is -2.71. The van der Waals surface area contributed by atoms with Gasteiger partial charge >= 0.3 is 11.9 Å². The molecule has 0 aliphatic rings. The summed E-state index contributed by atoms with van der Waals surface area (Å²) in [7, 11) is 0. The lowest BCUT2D eigenvalue weighted by atomic mass is 10.3. The maximum atomic E-state index is 11.1. The molecule has 1 aromatic heterocycles. The number of nitrogens with one attached hydrogen (secondary N) is 1. The molecule has 20 heavy (non-hydrogen) atoms. The fraction of sp³-hybridized carbons (Fsp3) is 0.364. The number of carboxylic acids is 1. The molecule has 0 radical (unpaired) electrons. The van der Waals surface area contributed by atoms with Gasteiger partial charge in [-0.3, -0.25) is 19.7 Å². The first kappa shape index (κ1) is 15.3. The minimum atomic E-state index is -1.06. The van der Waals surface area contributed by atoms with E-state index in [0.29, 0.717) is 5.82 Å². The molecule has 9 nitrogen and oxygen atoms in total. The van der Waals surface area contributed by atoms with E-state index in [1.807, 2.05) is 0 Å². The zero-order valence-electron chi connectivity index (χ0n) is 10.4. The molecule has 0 spiro atoms. The summed E-state index contributed by atoms with van der Waals surface area (Å²) in [4.78, 5) is 34.9. The van der Waals surface area contributed by atoms with Crippen LogP contribution < -0.4 is 5.32 Å². The molecule has 1 aromatic rings. The van der Waals surface area contributed by atoms with Crippen molar-refractivity contribution in [2.75, 3.05) is 18.5 Å². The summed E-state index contributed by atoms with van der Waals surface area (Å²) >= 11 is 0. The van der Waals surface area contributed by atoms with Crippen molar-refractivity contribution in [1.82, 2.24) is 4.98 Å². The minimum Gasteiger partial charge on any atom is -0.481 e. The van der Waals surface area contributed by atoms with Gasteiger partial charge in [0.15, 0.2) is 0 Å². The maximum Gasteiger partial charge on any atom is 0.306 e. The van der Waals surface area contributed by atoms with Crippen LogP contribution in [0.1, 0.15) is 12.8 Å². The van der Waals surface area contributed by atoms with E-state index in [2.05, 4.69) is 10.3 Å². The van der Waals surface area contributed by atoms with Crippen LogP contribution in [0.3, 0.4) is 0 Å². The summed E-state index contributed by atoms with van der Waals surface area (Å²) in [6.45, 7) is 0.320. The lowest BCUT2D eigenvalue weighted by Crippen LogP contribution is -2.15. The van der Waals surface area contributed by atoms with Gasteiger partial charge in [0.25, 0.3) is 5.69 Å². The number of pyridine rings is 1. The highest BCUT2D eigenvalue weighted by molar-refractivity contribution is 5.76. The van der Waals surface area contributed by atoms with E-state index in [4.69, 9.17) is 9.84 Å². The number of nitrogens with zero attached hydrogens (tertiary/aromatic N) is 2. The van der Waals surface area contributed by atoms with Crippen LogP contribution >= 0.6 is 0 Å². The first-order chi connectivity index (χ1) is 9.49. The first-order valence-corrected chi connectivity index (χ1v) is 5.71.